The molecule has 2 N–H and O–H groups in total. The quantitative estimate of drug-likeness (QED) is 0.846. The summed E-state index contributed by atoms with van der Waals surface area (Å²) in [5, 5.41) is 3.04. The fourth-order valence-electron chi connectivity index (χ4n) is 2.16. The Morgan fingerprint density at radius 2 is 1.89 bits per heavy atom. The van der Waals surface area contributed by atoms with E-state index in [4.69, 9.17) is 0 Å². The maximum absolute atomic E-state index is 12.0. The zero-order chi connectivity index (χ0) is 13.7. The van der Waals surface area contributed by atoms with E-state index in [1.165, 1.54) is 0 Å². The second-order valence-corrected chi connectivity index (χ2v) is 4.93. The number of rotatable bonds is 5. The van der Waals surface area contributed by atoms with Crippen molar-refractivity contribution in [3.63, 3.8) is 0 Å². The summed E-state index contributed by atoms with van der Waals surface area (Å²) in [5.41, 5.74) is 2.23. The topological polar surface area (TPSA) is 44.9 Å². The first-order chi connectivity index (χ1) is 9.16. The van der Waals surface area contributed by atoms with E-state index in [0.717, 1.165) is 11.3 Å². The van der Waals surface area contributed by atoms with Crippen LogP contribution in [0.4, 0.5) is 0 Å². The predicted molar refractivity (Wildman–Crippen MR) is 76.8 cm³/mol. The Hall–Kier alpha value is -2.03. The van der Waals surface area contributed by atoms with Gasteiger partial charge in [0, 0.05) is 24.2 Å². The Balaban J connectivity index is 1.88. The standard InChI is InChI=1S/C16H20N2O/c1-12(15-9-6-10-17-15)11-16(19)18-13(2)14-7-4-3-5-8-14/h3-10,12-13,17H,11H2,1-2H3,(H,18,19)/t12-,13-/m1/s1. The molecule has 0 aliphatic rings. The third kappa shape index (κ3) is 3.71. The summed E-state index contributed by atoms with van der Waals surface area (Å²) < 4.78 is 0. The van der Waals surface area contributed by atoms with Gasteiger partial charge in [0.05, 0.1) is 6.04 Å². The lowest BCUT2D eigenvalue weighted by atomic mass is 10.0. The summed E-state index contributed by atoms with van der Waals surface area (Å²) in [7, 11) is 0. The summed E-state index contributed by atoms with van der Waals surface area (Å²) in [6, 6.07) is 14.0. The lowest BCUT2D eigenvalue weighted by Gasteiger charge is -2.16. The molecule has 0 aliphatic carbocycles. The van der Waals surface area contributed by atoms with Crippen molar-refractivity contribution in [2.45, 2.75) is 32.2 Å². The number of amides is 1. The van der Waals surface area contributed by atoms with Crippen molar-refractivity contribution in [3.05, 3.63) is 59.9 Å². The van der Waals surface area contributed by atoms with Gasteiger partial charge in [0.2, 0.25) is 5.91 Å². The predicted octanol–water partition coefficient (Wildman–Crippen LogP) is 3.39. The summed E-state index contributed by atoms with van der Waals surface area (Å²) in [6.45, 7) is 4.06. The van der Waals surface area contributed by atoms with Crippen LogP contribution in [0.5, 0.6) is 0 Å². The summed E-state index contributed by atoms with van der Waals surface area (Å²) in [4.78, 5) is 15.2. The molecule has 19 heavy (non-hydrogen) atoms. The largest absolute Gasteiger partial charge is 0.365 e. The second-order valence-electron chi connectivity index (χ2n) is 4.93. The highest BCUT2D eigenvalue weighted by Crippen LogP contribution is 2.18. The Morgan fingerprint density at radius 3 is 2.53 bits per heavy atom. The first-order valence-corrected chi connectivity index (χ1v) is 6.64. The van der Waals surface area contributed by atoms with E-state index >= 15 is 0 Å². The van der Waals surface area contributed by atoms with Crippen molar-refractivity contribution in [2.24, 2.45) is 0 Å². The van der Waals surface area contributed by atoms with Gasteiger partial charge in [0.15, 0.2) is 0 Å². The highest BCUT2D eigenvalue weighted by Gasteiger charge is 2.14. The van der Waals surface area contributed by atoms with Gasteiger partial charge in [-0.1, -0.05) is 37.3 Å². The Labute approximate surface area is 114 Å². The van der Waals surface area contributed by atoms with Crippen LogP contribution in [-0.2, 0) is 4.79 Å². The minimum absolute atomic E-state index is 0.0459. The van der Waals surface area contributed by atoms with Crippen molar-refractivity contribution in [3.8, 4) is 0 Å². The lowest BCUT2D eigenvalue weighted by Crippen LogP contribution is -2.27. The zero-order valence-electron chi connectivity index (χ0n) is 11.4. The van der Waals surface area contributed by atoms with Crippen molar-refractivity contribution in [1.29, 1.82) is 0 Å². The number of H-pyrrole nitrogens is 1. The van der Waals surface area contributed by atoms with Crippen LogP contribution in [0.3, 0.4) is 0 Å². The van der Waals surface area contributed by atoms with E-state index in [1.807, 2.05) is 55.6 Å². The fourth-order valence-corrected chi connectivity index (χ4v) is 2.16. The van der Waals surface area contributed by atoms with Crippen molar-refractivity contribution in [1.82, 2.24) is 10.3 Å². The highest BCUT2D eigenvalue weighted by molar-refractivity contribution is 5.77. The molecule has 0 saturated carbocycles. The molecule has 0 unspecified atom stereocenters. The first kappa shape index (κ1) is 13.4. The minimum atomic E-state index is 0.0459. The third-order valence-electron chi connectivity index (χ3n) is 3.32. The molecule has 1 heterocycles. The van der Waals surface area contributed by atoms with E-state index in [2.05, 4.69) is 17.2 Å². The van der Waals surface area contributed by atoms with Crippen molar-refractivity contribution < 1.29 is 4.79 Å². The zero-order valence-corrected chi connectivity index (χ0v) is 11.4. The molecule has 1 aromatic heterocycles. The van der Waals surface area contributed by atoms with Gasteiger partial charge in [0.1, 0.15) is 0 Å². The molecule has 100 valence electrons. The molecule has 1 amide bonds. The van der Waals surface area contributed by atoms with Crippen LogP contribution in [0.25, 0.3) is 0 Å². The Bertz CT molecular complexity index is 505. The van der Waals surface area contributed by atoms with Crippen LogP contribution >= 0.6 is 0 Å². The maximum atomic E-state index is 12.0. The molecule has 0 spiro atoms. The molecule has 1 aromatic carbocycles. The smallest absolute Gasteiger partial charge is 0.221 e. The Kier molecular flexibility index (Phi) is 4.39. The van der Waals surface area contributed by atoms with E-state index in [1.54, 1.807) is 0 Å². The number of nitrogens with one attached hydrogen (secondary N) is 2. The minimum Gasteiger partial charge on any atom is -0.365 e. The molecule has 3 nitrogen and oxygen atoms in total. The molecule has 0 fully saturated rings. The third-order valence-corrected chi connectivity index (χ3v) is 3.32. The number of hydrogen-bond acceptors (Lipinski definition) is 1. The van der Waals surface area contributed by atoms with Crippen LogP contribution in [0.1, 0.15) is 43.5 Å². The number of carbonyl (C=O) groups excluding carboxylic acids is 1. The van der Waals surface area contributed by atoms with Crippen LogP contribution in [0.2, 0.25) is 0 Å². The van der Waals surface area contributed by atoms with Gasteiger partial charge in [-0.15, -0.1) is 0 Å². The summed E-state index contributed by atoms with van der Waals surface area (Å²) >= 11 is 0. The Morgan fingerprint density at radius 1 is 1.16 bits per heavy atom. The summed E-state index contributed by atoms with van der Waals surface area (Å²) in [5.74, 6) is 0.288. The average Bonchev–Trinajstić information content (AvgIpc) is 2.93. The SMILES string of the molecule is C[C@H](CC(=O)N[C@H](C)c1ccccc1)c1ccc[nH]1. The van der Waals surface area contributed by atoms with Gasteiger partial charge in [-0.05, 0) is 24.6 Å². The molecule has 0 radical (unpaired) electrons. The van der Waals surface area contributed by atoms with Crippen LogP contribution < -0.4 is 5.32 Å². The van der Waals surface area contributed by atoms with Crippen LogP contribution in [-0.4, -0.2) is 10.9 Å². The number of carbonyl (C=O) groups is 1. The van der Waals surface area contributed by atoms with E-state index in [0.29, 0.717) is 6.42 Å². The molecular formula is C16H20N2O. The molecule has 2 atom stereocenters. The van der Waals surface area contributed by atoms with E-state index in [9.17, 15) is 4.79 Å². The molecule has 0 aliphatic heterocycles. The van der Waals surface area contributed by atoms with Crippen LogP contribution in [0.15, 0.2) is 48.7 Å². The summed E-state index contributed by atoms with van der Waals surface area (Å²) in [6.07, 6.45) is 2.38. The first-order valence-electron chi connectivity index (χ1n) is 6.64. The lowest BCUT2D eigenvalue weighted by molar-refractivity contribution is -0.122. The molecular weight excluding hydrogens is 236 g/mol. The van der Waals surface area contributed by atoms with Gasteiger partial charge < -0.3 is 10.3 Å². The normalized spacial score (nSPS) is 13.8. The second kappa shape index (κ2) is 6.23. The number of aromatic amines is 1. The number of benzene rings is 1. The molecule has 0 bridgehead atoms. The fraction of sp³-hybridized carbons (Fsp3) is 0.312. The number of hydrogen-bond donors (Lipinski definition) is 2. The molecule has 2 aromatic rings. The van der Waals surface area contributed by atoms with Crippen molar-refractivity contribution >= 4 is 5.91 Å². The average molecular weight is 256 g/mol. The molecule has 2 rings (SSSR count). The maximum Gasteiger partial charge on any atom is 0.221 e. The highest BCUT2D eigenvalue weighted by atomic mass is 16.1. The van der Waals surface area contributed by atoms with Gasteiger partial charge in [-0.25, -0.2) is 0 Å². The molecule has 0 saturated heterocycles. The van der Waals surface area contributed by atoms with Gasteiger partial charge >= 0.3 is 0 Å². The van der Waals surface area contributed by atoms with Gasteiger partial charge in [-0.2, -0.15) is 0 Å². The number of aromatic nitrogens is 1. The molecule has 3 heteroatoms. The van der Waals surface area contributed by atoms with Gasteiger partial charge in [-0.3, -0.25) is 4.79 Å². The van der Waals surface area contributed by atoms with E-state index in [-0.39, 0.29) is 17.9 Å². The van der Waals surface area contributed by atoms with Crippen molar-refractivity contribution in [2.75, 3.05) is 0 Å². The monoisotopic (exact) mass is 256 g/mol. The van der Waals surface area contributed by atoms with E-state index < -0.39 is 0 Å². The van der Waals surface area contributed by atoms with Crippen LogP contribution in [0, 0.1) is 0 Å². The van der Waals surface area contributed by atoms with Gasteiger partial charge in [0.25, 0.3) is 0 Å².